The Morgan fingerprint density at radius 2 is 0.525 bits per heavy atom. The molecule has 0 bridgehead atoms. The fourth-order valence-electron chi connectivity index (χ4n) is 9.87. The molecule has 5 atom stereocenters. The van der Waals surface area contributed by atoms with Gasteiger partial charge in [-0.15, -0.1) is 0 Å². The smallest absolute Gasteiger partial charge is 0.463 e. The summed E-state index contributed by atoms with van der Waals surface area (Å²) in [6, 6.07) is 0. The van der Waals surface area contributed by atoms with Crippen molar-refractivity contribution in [1.82, 2.24) is 0 Å². The van der Waals surface area contributed by atoms with Crippen LogP contribution in [0.15, 0.2) is 158 Å². The lowest BCUT2D eigenvalue weighted by Gasteiger charge is -2.21. The summed E-state index contributed by atoms with van der Waals surface area (Å²) in [6.07, 6.45) is 92.8. The second-order valence-electron chi connectivity index (χ2n) is 25.4. The highest BCUT2D eigenvalue weighted by molar-refractivity contribution is 7.47. The number of phosphoric ester groups is 2. The molecule has 0 aliphatic heterocycles. The maximum atomic E-state index is 13.0. The van der Waals surface area contributed by atoms with Crippen molar-refractivity contribution in [2.24, 2.45) is 0 Å². The number of carbonyl (C=O) groups excluding carboxylic acids is 3. The van der Waals surface area contributed by atoms with Crippen LogP contribution in [0.2, 0.25) is 0 Å². The minimum absolute atomic E-state index is 0.0842. The summed E-state index contributed by atoms with van der Waals surface area (Å²) in [5.41, 5.74) is 0. The molecule has 0 spiro atoms. The third-order valence-corrected chi connectivity index (χ3v) is 17.6. The summed E-state index contributed by atoms with van der Waals surface area (Å²) in [7, 11) is -9.81. The Morgan fingerprint density at radius 3 is 0.842 bits per heavy atom. The van der Waals surface area contributed by atoms with Crippen LogP contribution in [0.1, 0.15) is 290 Å². The molecule has 0 saturated carbocycles. The van der Waals surface area contributed by atoms with E-state index in [1.807, 2.05) is 0 Å². The summed E-state index contributed by atoms with van der Waals surface area (Å²) in [4.78, 5) is 58.6. The fraction of sp³-hybridized carbons (Fsp3) is 0.651. The van der Waals surface area contributed by atoms with E-state index < -0.39 is 91.5 Å². The average Bonchev–Trinajstić information content (AvgIpc) is 0.951. The molecule has 0 rings (SSSR count). The van der Waals surface area contributed by atoms with E-state index in [0.717, 1.165) is 173 Å². The summed E-state index contributed by atoms with van der Waals surface area (Å²) >= 11 is 0. The molecule has 0 aromatic carbocycles. The second kappa shape index (κ2) is 74.9. The van der Waals surface area contributed by atoms with Gasteiger partial charge >= 0.3 is 33.6 Å². The van der Waals surface area contributed by atoms with Crippen molar-refractivity contribution in [3.05, 3.63) is 158 Å². The van der Waals surface area contributed by atoms with Gasteiger partial charge in [-0.05, 0) is 148 Å². The zero-order chi connectivity index (χ0) is 73.7. The zero-order valence-electron chi connectivity index (χ0n) is 62.8. The highest BCUT2D eigenvalue weighted by Gasteiger charge is 2.29. The Kier molecular flexibility index (Phi) is 71.3. The molecule has 4 N–H and O–H groups in total. The van der Waals surface area contributed by atoms with Crippen LogP contribution in [0.5, 0.6) is 0 Å². The van der Waals surface area contributed by atoms with E-state index in [1.54, 1.807) is 0 Å². The standard InChI is InChI=1S/C83H138O16P2/c1-4-7-10-13-16-19-22-25-28-30-32-34-36-37-38-39-41-43-44-46-49-51-54-57-60-63-66-69-81(86)93-72-78(84)73-95-100(89,90)96-74-79(85)75-97-101(91,92)98-77-80(99-83(88)71-68-65-62-59-56-53-48-27-24-21-18-15-12-9-6-3)76-94-82(87)70-67-64-61-58-55-52-50-47-45-42-40-35-33-31-29-26-23-20-17-14-11-8-5-2/h7-8,10-11,16-17,19-20,25-29,32-35,37-38,41-43,45,48,50,52,78-80,84-85H,4-6,9,12-15,18,21-24,30-31,36,39-40,44,46-47,49,51,53-77H2,1-3H3,(H,89,90)(H,91,92)/b10-7-,11-8-,19-16-,20-17-,28-25-,29-26-,34-32-,35-33-,38-37-,43-41-,45-42-,48-27-,52-50-. The van der Waals surface area contributed by atoms with Crippen LogP contribution < -0.4 is 0 Å². The maximum Gasteiger partial charge on any atom is 0.472 e. The maximum absolute atomic E-state index is 13.0. The van der Waals surface area contributed by atoms with E-state index in [0.29, 0.717) is 19.3 Å². The summed E-state index contributed by atoms with van der Waals surface area (Å²) in [6.45, 7) is 2.39. The molecule has 16 nitrogen and oxygen atoms in total. The van der Waals surface area contributed by atoms with Crippen molar-refractivity contribution >= 4 is 33.6 Å². The number of ether oxygens (including phenoxy) is 3. The number of rotatable bonds is 72. The van der Waals surface area contributed by atoms with Gasteiger partial charge in [0, 0.05) is 19.3 Å². The number of esters is 3. The molecule has 101 heavy (non-hydrogen) atoms. The lowest BCUT2D eigenvalue weighted by molar-refractivity contribution is -0.161. The Labute approximate surface area is 612 Å². The van der Waals surface area contributed by atoms with Crippen molar-refractivity contribution in [1.29, 1.82) is 0 Å². The van der Waals surface area contributed by atoms with Crippen LogP contribution in [0.4, 0.5) is 0 Å². The quantitative estimate of drug-likeness (QED) is 0.0146. The number of phosphoric acid groups is 2. The third kappa shape index (κ3) is 76.1. The van der Waals surface area contributed by atoms with Crippen LogP contribution in [0, 0.1) is 0 Å². The number of aliphatic hydroxyl groups is 2. The molecule has 576 valence electrons. The lowest BCUT2D eigenvalue weighted by atomic mass is 10.1. The number of carbonyl (C=O) groups is 3. The monoisotopic (exact) mass is 1450 g/mol. The molecule has 0 aliphatic rings. The molecule has 0 aromatic rings. The first-order valence-electron chi connectivity index (χ1n) is 38.8. The minimum atomic E-state index is -4.94. The number of aliphatic hydroxyl groups excluding tert-OH is 2. The SMILES string of the molecule is CC/C=C\C/C=C\C/C=C\C/C=C\C/C=C\C/C=C\CCCCCCCCCCC(=O)OCC(O)COP(=O)(O)OCC(O)COP(=O)(O)OCC(COC(=O)CCCCCC/C=C\C/C=C\C/C=C\C/C=C\C/C=C\C/C=C\CC)OC(=O)CCCCCCC/C=C\CCCCCCCC. The van der Waals surface area contributed by atoms with E-state index in [-0.39, 0.29) is 19.3 Å². The van der Waals surface area contributed by atoms with Gasteiger partial charge in [0.05, 0.1) is 26.4 Å². The largest absolute Gasteiger partial charge is 0.472 e. The van der Waals surface area contributed by atoms with Crippen LogP contribution >= 0.6 is 15.6 Å². The van der Waals surface area contributed by atoms with E-state index in [2.05, 4.69) is 179 Å². The predicted molar refractivity (Wildman–Crippen MR) is 417 cm³/mol. The van der Waals surface area contributed by atoms with Gasteiger partial charge in [-0.1, -0.05) is 281 Å². The third-order valence-electron chi connectivity index (χ3n) is 15.7. The van der Waals surface area contributed by atoms with Gasteiger partial charge in [0.15, 0.2) is 6.10 Å². The molecular formula is C83H138O16P2. The van der Waals surface area contributed by atoms with Crippen molar-refractivity contribution < 1.29 is 75.8 Å². The molecule has 18 heteroatoms. The van der Waals surface area contributed by atoms with Gasteiger partial charge in [0.2, 0.25) is 0 Å². The number of allylic oxidation sites excluding steroid dienone is 26. The van der Waals surface area contributed by atoms with Crippen molar-refractivity contribution in [3.63, 3.8) is 0 Å². The van der Waals surface area contributed by atoms with E-state index in [1.165, 1.54) is 57.8 Å². The Hall–Kier alpha value is -4.83. The summed E-state index contributed by atoms with van der Waals surface area (Å²) < 4.78 is 61.1. The van der Waals surface area contributed by atoms with E-state index >= 15 is 0 Å². The van der Waals surface area contributed by atoms with Crippen molar-refractivity contribution in [2.75, 3.05) is 39.6 Å². The number of unbranched alkanes of at least 4 members (excludes halogenated alkanes) is 23. The van der Waals surface area contributed by atoms with Crippen molar-refractivity contribution in [3.8, 4) is 0 Å². The highest BCUT2D eigenvalue weighted by atomic mass is 31.2. The minimum Gasteiger partial charge on any atom is -0.463 e. The van der Waals surface area contributed by atoms with Gasteiger partial charge in [0.1, 0.15) is 25.4 Å². The molecule has 0 aliphatic carbocycles. The number of hydrogen-bond acceptors (Lipinski definition) is 14. The Bertz CT molecular complexity index is 2470. The van der Waals surface area contributed by atoms with Gasteiger partial charge in [-0.3, -0.25) is 32.5 Å². The molecular weight excluding hydrogens is 1310 g/mol. The first-order chi connectivity index (χ1) is 49.2. The highest BCUT2D eigenvalue weighted by Crippen LogP contribution is 2.45. The summed E-state index contributed by atoms with van der Waals surface area (Å²) in [5.74, 6) is -1.63. The zero-order valence-corrected chi connectivity index (χ0v) is 64.6. The molecule has 5 unspecified atom stereocenters. The average molecular weight is 1450 g/mol. The van der Waals surface area contributed by atoms with E-state index in [4.69, 9.17) is 32.3 Å². The topological polar surface area (TPSA) is 231 Å². The molecule has 0 radical (unpaired) electrons. The normalized spacial score (nSPS) is 14.9. The first-order valence-corrected chi connectivity index (χ1v) is 41.8. The van der Waals surface area contributed by atoms with E-state index in [9.17, 15) is 43.5 Å². The van der Waals surface area contributed by atoms with Gasteiger partial charge in [0.25, 0.3) is 0 Å². The molecule has 0 amide bonds. The molecule has 0 fully saturated rings. The van der Waals surface area contributed by atoms with Crippen LogP contribution in [0.3, 0.4) is 0 Å². The van der Waals surface area contributed by atoms with Gasteiger partial charge < -0.3 is 34.2 Å². The van der Waals surface area contributed by atoms with Crippen LogP contribution in [0.25, 0.3) is 0 Å². The fourth-order valence-corrected chi connectivity index (χ4v) is 11.5. The second-order valence-corrected chi connectivity index (χ2v) is 28.3. The van der Waals surface area contributed by atoms with Crippen LogP contribution in [-0.4, -0.2) is 95.9 Å². The molecule has 0 saturated heterocycles. The molecule has 0 aromatic heterocycles. The Balaban J connectivity index is 4.64. The summed E-state index contributed by atoms with van der Waals surface area (Å²) in [5, 5.41) is 20.6. The Morgan fingerprint density at radius 1 is 0.287 bits per heavy atom. The van der Waals surface area contributed by atoms with Gasteiger partial charge in [-0.25, -0.2) is 9.13 Å². The predicted octanol–water partition coefficient (Wildman–Crippen LogP) is 22.6. The molecule has 0 heterocycles. The van der Waals surface area contributed by atoms with Crippen molar-refractivity contribution in [2.45, 2.75) is 309 Å². The first kappa shape index (κ1) is 96.2. The van der Waals surface area contributed by atoms with Gasteiger partial charge in [-0.2, -0.15) is 0 Å². The lowest BCUT2D eigenvalue weighted by Crippen LogP contribution is -2.30. The number of hydrogen-bond donors (Lipinski definition) is 4. The van der Waals surface area contributed by atoms with Crippen LogP contribution in [-0.2, 0) is 55.8 Å².